The van der Waals surface area contributed by atoms with Gasteiger partial charge >= 0.3 is 0 Å². The number of hydrogen-bond donors (Lipinski definition) is 3. The molecule has 3 amide bonds. The molecular weight excluding hydrogens is 1190 g/mol. The molecule has 0 bridgehead atoms. The number of anilines is 4. The lowest BCUT2D eigenvalue weighted by atomic mass is 9.78. The molecule has 22 heteroatoms. The van der Waals surface area contributed by atoms with E-state index < -0.39 is 31.6 Å². The van der Waals surface area contributed by atoms with Crippen LogP contribution in [0.1, 0.15) is 116 Å². The fraction of sp³-hybridized carbons (Fsp3) is 0.493. The molecule has 5 aromatic rings. The summed E-state index contributed by atoms with van der Waals surface area (Å²) >= 11 is 0. The Hall–Kier alpha value is -6.53. The Kier molecular flexibility index (Phi) is 21.4. The van der Waals surface area contributed by atoms with Crippen molar-refractivity contribution in [3.8, 4) is 23.0 Å². The summed E-state index contributed by atoms with van der Waals surface area (Å²) in [6.45, 7) is 11.9. The minimum absolute atomic E-state index is 0.0591. The first-order chi connectivity index (χ1) is 43.0. The largest absolute Gasteiger partial charge is 0.493 e. The van der Waals surface area contributed by atoms with E-state index in [0.29, 0.717) is 117 Å². The minimum Gasteiger partial charge on any atom is -0.493 e. The van der Waals surface area contributed by atoms with Crippen molar-refractivity contribution < 1.29 is 60.5 Å². The summed E-state index contributed by atoms with van der Waals surface area (Å²) in [5, 5.41) is 5.07. The van der Waals surface area contributed by atoms with Crippen LogP contribution in [0.3, 0.4) is 0 Å². The Balaban J connectivity index is 0.921. The predicted octanol–water partition coefficient (Wildman–Crippen LogP) is 11.3. The van der Waals surface area contributed by atoms with Crippen LogP contribution in [0.25, 0.3) is 0 Å². The average molecular weight is 1280 g/mol. The van der Waals surface area contributed by atoms with Crippen molar-refractivity contribution in [2.45, 2.75) is 126 Å². The van der Waals surface area contributed by atoms with Crippen molar-refractivity contribution in [1.29, 1.82) is 0 Å². The highest BCUT2D eigenvalue weighted by molar-refractivity contribution is 8.77. The van der Waals surface area contributed by atoms with E-state index in [0.717, 1.165) is 71.4 Å². The van der Waals surface area contributed by atoms with Crippen LogP contribution < -0.4 is 44.3 Å². The molecule has 1 saturated carbocycles. The van der Waals surface area contributed by atoms with Gasteiger partial charge in [0.1, 0.15) is 13.2 Å². The standard InChI is InChI=1S/C67H84N6O13S3/c1-8-67(9-2,48-18-12-13-19-48)70-63(74)62(89(77,78)79)22-29-87-88-66(3,4)43-71(23-24-83-27-28-84-26-25-80-5)49-31-44(41-85-60-37-54-52(35-58(60)81-6)64(75)72-50(39-68-54)33-46-16-10-14-20-56(46)72)30-45(32-49)42-86-61-38-55-53(36-59(61)82-7)65(76)73-51(40-69-55)34-47-17-11-15-21-57(47)73/h10-11,14-17,20-21,30-32,35-39,48,50-51,62,69H,8-9,12-13,18-19,22-29,33-34,40-43H2,1-7H3,(H,70,74)(H,77,78,79)/t50-,51-,62?/m0/s1. The summed E-state index contributed by atoms with van der Waals surface area (Å²) in [6, 6.07) is 28.8. The molecule has 5 aliphatic rings. The Bertz CT molecular complexity index is 3480. The molecule has 0 spiro atoms. The smallest absolute Gasteiger partial charge is 0.276 e. The second kappa shape index (κ2) is 29.2. The molecule has 1 aliphatic carbocycles. The number of amides is 3. The third-order valence-corrected chi connectivity index (χ3v) is 22.2. The number of para-hydroxylation sites is 2. The maximum atomic E-state index is 14.4. The Morgan fingerprint density at radius 1 is 0.775 bits per heavy atom. The van der Waals surface area contributed by atoms with Gasteiger partial charge in [-0.1, -0.05) is 84.7 Å². The molecule has 1 fully saturated rings. The summed E-state index contributed by atoms with van der Waals surface area (Å²) in [4.78, 5) is 53.3. The molecule has 3 N–H and O–H groups in total. The number of aliphatic imine (C=N–C) groups is 1. The summed E-state index contributed by atoms with van der Waals surface area (Å²) in [5.41, 5.74) is 7.86. The van der Waals surface area contributed by atoms with E-state index >= 15 is 0 Å². The Morgan fingerprint density at radius 2 is 1.38 bits per heavy atom. The van der Waals surface area contributed by atoms with Gasteiger partial charge in [0.25, 0.3) is 21.9 Å². The van der Waals surface area contributed by atoms with Crippen LogP contribution in [-0.2, 0) is 55.2 Å². The van der Waals surface area contributed by atoms with Gasteiger partial charge in [-0.15, -0.1) is 0 Å². The summed E-state index contributed by atoms with van der Waals surface area (Å²) in [6.07, 6.45) is 8.59. The zero-order valence-corrected chi connectivity index (χ0v) is 54.5. The van der Waals surface area contributed by atoms with Gasteiger partial charge in [0.15, 0.2) is 28.2 Å². The van der Waals surface area contributed by atoms with Gasteiger partial charge in [-0.3, -0.25) is 28.8 Å². The third kappa shape index (κ3) is 15.1. The van der Waals surface area contributed by atoms with Crippen LogP contribution in [0.2, 0.25) is 0 Å². The van der Waals surface area contributed by atoms with Crippen LogP contribution in [0, 0.1) is 5.92 Å². The molecule has 0 saturated heterocycles. The lowest BCUT2D eigenvalue weighted by Crippen LogP contribution is -2.56. The van der Waals surface area contributed by atoms with Crippen LogP contribution in [0.5, 0.6) is 23.0 Å². The van der Waals surface area contributed by atoms with E-state index in [1.165, 1.54) is 10.8 Å². The van der Waals surface area contributed by atoms with Crippen molar-refractivity contribution in [2.75, 3.05) is 99.8 Å². The van der Waals surface area contributed by atoms with E-state index in [2.05, 4.69) is 47.6 Å². The molecular formula is C67H84N6O13S3. The molecule has 4 heterocycles. The number of hydrogen-bond acceptors (Lipinski definition) is 17. The predicted molar refractivity (Wildman–Crippen MR) is 352 cm³/mol. The third-order valence-electron chi connectivity index (χ3n) is 17.7. The minimum atomic E-state index is -4.72. The van der Waals surface area contributed by atoms with Crippen molar-refractivity contribution in [3.05, 3.63) is 124 Å². The molecule has 19 nitrogen and oxygen atoms in total. The molecule has 0 radical (unpaired) electrons. The lowest BCUT2D eigenvalue weighted by molar-refractivity contribution is -0.123. The van der Waals surface area contributed by atoms with Crippen molar-refractivity contribution >= 4 is 84.1 Å². The lowest BCUT2D eigenvalue weighted by Gasteiger charge is -2.39. The number of rotatable bonds is 31. The Morgan fingerprint density at radius 3 is 2.03 bits per heavy atom. The number of benzene rings is 5. The molecule has 0 aromatic heterocycles. The van der Waals surface area contributed by atoms with Gasteiger partial charge in [0.2, 0.25) is 5.91 Å². The van der Waals surface area contributed by atoms with Gasteiger partial charge in [-0.05, 0) is 123 Å². The number of nitrogens with one attached hydrogen (secondary N) is 2. The highest BCUT2D eigenvalue weighted by Crippen LogP contribution is 2.45. The Labute approximate surface area is 531 Å². The fourth-order valence-electron chi connectivity index (χ4n) is 13.1. The summed E-state index contributed by atoms with van der Waals surface area (Å²) < 4.78 is 78.1. The number of nitrogens with zero attached hydrogens (tertiary/aromatic N) is 4. The number of ether oxygens (including phenoxy) is 7. The van der Waals surface area contributed by atoms with E-state index in [1.807, 2.05) is 79.6 Å². The molecule has 4 aliphatic heterocycles. The topological polar surface area (TPSA) is 216 Å². The monoisotopic (exact) mass is 1280 g/mol. The van der Waals surface area contributed by atoms with Crippen LogP contribution in [0.4, 0.5) is 28.4 Å². The quantitative estimate of drug-likeness (QED) is 0.0214. The van der Waals surface area contributed by atoms with E-state index in [-0.39, 0.29) is 55.2 Å². The first-order valence-electron chi connectivity index (χ1n) is 30.9. The van der Waals surface area contributed by atoms with Gasteiger partial charge in [-0.25, -0.2) is 0 Å². The van der Waals surface area contributed by atoms with Crippen molar-refractivity contribution in [1.82, 2.24) is 5.32 Å². The maximum Gasteiger partial charge on any atom is 0.276 e. The molecule has 478 valence electrons. The van der Waals surface area contributed by atoms with Crippen LogP contribution in [-0.4, -0.2) is 144 Å². The van der Waals surface area contributed by atoms with Crippen LogP contribution >= 0.6 is 21.6 Å². The van der Waals surface area contributed by atoms with Crippen molar-refractivity contribution in [3.63, 3.8) is 0 Å². The molecule has 10 rings (SSSR count). The molecule has 89 heavy (non-hydrogen) atoms. The van der Waals surface area contributed by atoms with E-state index in [1.54, 1.807) is 55.2 Å². The van der Waals surface area contributed by atoms with Gasteiger partial charge in [0.05, 0.1) is 81.8 Å². The zero-order valence-electron chi connectivity index (χ0n) is 52.0. The first-order valence-corrected chi connectivity index (χ1v) is 34.7. The molecule has 3 atom stereocenters. The number of methoxy groups -OCH3 is 3. The number of carbonyl (C=O) groups excluding carboxylic acids is 3. The fourth-order valence-corrected chi connectivity index (χ4v) is 16.6. The molecule has 5 aromatic carbocycles. The number of fused-ring (bicyclic) bond motifs is 8. The molecule has 1 unspecified atom stereocenters. The van der Waals surface area contributed by atoms with Gasteiger partial charge in [0, 0.05) is 84.6 Å². The SMILES string of the molecule is CCC(CC)(NC(=O)C(CCSSC(C)(C)CN(CCOCCOCCOC)c1cc(COc2cc3c(cc2OC)C(=O)N2c4ccccc4C[C@H]2C=N3)cc(COc2cc3c(cc2OC)C(=O)N2c4ccccc4C[C@H]2CN3)c1)S(=O)(=O)O)C1CCCC1. The highest BCUT2D eigenvalue weighted by Gasteiger charge is 2.43. The normalized spacial score (nSPS) is 17.3. The number of carbonyl (C=O) groups is 3. The van der Waals surface area contributed by atoms with Crippen molar-refractivity contribution in [2.24, 2.45) is 10.9 Å². The van der Waals surface area contributed by atoms with E-state index in [9.17, 15) is 27.4 Å². The van der Waals surface area contributed by atoms with Gasteiger partial charge in [-0.2, -0.15) is 8.42 Å². The maximum absolute atomic E-state index is 14.4. The second-order valence-corrected chi connectivity index (χ2v) is 28.7. The summed E-state index contributed by atoms with van der Waals surface area (Å²) in [7, 11) is 3.04. The average Bonchev–Trinajstić information content (AvgIpc) is 1.67. The first kappa shape index (κ1) is 65.4. The van der Waals surface area contributed by atoms with E-state index in [4.69, 9.17) is 38.2 Å². The summed E-state index contributed by atoms with van der Waals surface area (Å²) in [5.74, 6) is 1.20. The van der Waals surface area contributed by atoms with Gasteiger partial charge < -0.3 is 53.6 Å². The zero-order chi connectivity index (χ0) is 62.9. The van der Waals surface area contributed by atoms with Crippen LogP contribution in [0.15, 0.2) is 96.0 Å². The highest BCUT2D eigenvalue weighted by atomic mass is 33.1. The second-order valence-electron chi connectivity index (χ2n) is 24.0.